The number of carboxylic acids is 1. The van der Waals surface area contributed by atoms with Gasteiger partial charge in [0.2, 0.25) is 5.91 Å². The Morgan fingerprint density at radius 2 is 2.00 bits per heavy atom. The number of aliphatic carboxylic acids is 1. The molecule has 130 valence electrons. The van der Waals surface area contributed by atoms with Gasteiger partial charge in [0.1, 0.15) is 6.33 Å². The van der Waals surface area contributed by atoms with Crippen LogP contribution in [0.15, 0.2) is 6.33 Å². The normalized spacial score (nSPS) is 11.7. The first kappa shape index (κ1) is 17.8. The first-order chi connectivity index (χ1) is 11.2. The van der Waals surface area contributed by atoms with E-state index < -0.39 is 11.5 Å². The Morgan fingerprint density at radius 1 is 1.29 bits per heavy atom. The molecule has 2 aromatic rings. The zero-order valence-corrected chi connectivity index (χ0v) is 14.5. The van der Waals surface area contributed by atoms with Crippen LogP contribution < -0.4 is 5.32 Å². The summed E-state index contributed by atoms with van der Waals surface area (Å²) in [5, 5.41) is 15.8. The smallest absolute Gasteiger partial charge is 0.303 e. The van der Waals surface area contributed by atoms with E-state index in [1.165, 1.54) is 6.33 Å². The van der Waals surface area contributed by atoms with Gasteiger partial charge in [0, 0.05) is 29.8 Å². The predicted molar refractivity (Wildman–Crippen MR) is 87.7 cm³/mol. The molecule has 0 saturated heterocycles. The number of carbonyl (C=O) groups excluding carboxylic acids is 1. The second kappa shape index (κ2) is 6.94. The number of fused-ring (bicyclic) bond motifs is 1. The van der Waals surface area contributed by atoms with E-state index in [0.29, 0.717) is 25.0 Å². The number of aromatic nitrogens is 4. The Hall–Kier alpha value is -2.51. The van der Waals surface area contributed by atoms with E-state index in [9.17, 15) is 9.59 Å². The molecule has 8 heteroatoms. The van der Waals surface area contributed by atoms with E-state index in [4.69, 9.17) is 5.11 Å². The van der Waals surface area contributed by atoms with E-state index in [2.05, 4.69) is 20.4 Å². The molecule has 0 fully saturated rings. The number of carboxylic acid groups (broad SMARTS) is 1. The number of aryl methyl sites for hydroxylation is 2. The second-order valence-electron chi connectivity index (χ2n) is 6.56. The summed E-state index contributed by atoms with van der Waals surface area (Å²) in [5.41, 5.74) is 2.19. The van der Waals surface area contributed by atoms with Gasteiger partial charge in [-0.05, 0) is 46.1 Å². The third kappa shape index (κ3) is 4.27. The molecule has 24 heavy (non-hydrogen) atoms. The standard InChI is InChI=1S/C16H23N5O3/c1-10-12(11(2)21-15(19-10)17-9-18-21)5-6-13(22)20-16(3,4)8-7-14(23)24/h9H,5-8H2,1-4H3,(H,20,22)(H,23,24). The van der Waals surface area contributed by atoms with Gasteiger partial charge in [-0.2, -0.15) is 10.1 Å². The molecule has 1 amide bonds. The Labute approximate surface area is 140 Å². The van der Waals surface area contributed by atoms with Crippen molar-refractivity contribution in [1.82, 2.24) is 24.9 Å². The van der Waals surface area contributed by atoms with Crippen LogP contribution in [0.3, 0.4) is 0 Å². The molecule has 0 radical (unpaired) electrons. The van der Waals surface area contributed by atoms with Gasteiger partial charge in [0.15, 0.2) is 0 Å². The fourth-order valence-electron chi connectivity index (χ4n) is 2.68. The Bertz CT molecular complexity index is 766. The zero-order chi connectivity index (χ0) is 17.9. The van der Waals surface area contributed by atoms with Gasteiger partial charge in [0.25, 0.3) is 5.78 Å². The highest BCUT2D eigenvalue weighted by Gasteiger charge is 2.22. The average molecular weight is 333 g/mol. The van der Waals surface area contributed by atoms with Crippen molar-refractivity contribution in [3.63, 3.8) is 0 Å². The van der Waals surface area contributed by atoms with Crippen molar-refractivity contribution in [3.8, 4) is 0 Å². The molecular formula is C16H23N5O3. The summed E-state index contributed by atoms with van der Waals surface area (Å²) in [6.45, 7) is 7.48. The summed E-state index contributed by atoms with van der Waals surface area (Å²) in [6, 6.07) is 0. The summed E-state index contributed by atoms with van der Waals surface area (Å²) in [4.78, 5) is 31.3. The number of hydrogen-bond acceptors (Lipinski definition) is 5. The van der Waals surface area contributed by atoms with Gasteiger partial charge in [-0.1, -0.05) is 0 Å². The molecule has 0 saturated carbocycles. The van der Waals surface area contributed by atoms with E-state index >= 15 is 0 Å². The highest BCUT2D eigenvalue weighted by Crippen LogP contribution is 2.16. The third-order valence-corrected chi connectivity index (χ3v) is 4.03. The van der Waals surface area contributed by atoms with Gasteiger partial charge in [0.05, 0.1) is 0 Å². The van der Waals surface area contributed by atoms with Crippen LogP contribution in [0.5, 0.6) is 0 Å². The lowest BCUT2D eigenvalue weighted by Crippen LogP contribution is -2.43. The first-order valence-corrected chi connectivity index (χ1v) is 7.88. The SMILES string of the molecule is Cc1nc2ncnn2c(C)c1CCC(=O)NC(C)(C)CCC(=O)O. The first-order valence-electron chi connectivity index (χ1n) is 7.88. The number of amides is 1. The monoisotopic (exact) mass is 333 g/mol. The number of hydrogen-bond donors (Lipinski definition) is 2. The van der Waals surface area contributed by atoms with Crippen molar-refractivity contribution >= 4 is 17.7 Å². The maximum Gasteiger partial charge on any atom is 0.303 e. The number of nitrogens with one attached hydrogen (secondary N) is 1. The molecule has 0 aliphatic rings. The minimum Gasteiger partial charge on any atom is -0.481 e. The molecule has 8 nitrogen and oxygen atoms in total. The molecule has 0 aliphatic carbocycles. The van der Waals surface area contributed by atoms with Crippen LogP contribution >= 0.6 is 0 Å². The van der Waals surface area contributed by atoms with E-state index in [1.807, 2.05) is 27.7 Å². The van der Waals surface area contributed by atoms with Gasteiger partial charge in [-0.3, -0.25) is 9.59 Å². The van der Waals surface area contributed by atoms with Crippen molar-refractivity contribution in [2.24, 2.45) is 0 Å². The summed E-state index contributed by atoms with van der Waals surface area (Å²) >= 11 is 0. The molecule has 2 aromatic heterocycles. The minimum atomic E-state index is -0.865. The van der Waals surface area contributed by atoms with Crippen molar-refractivity contribution in [2.75, 3.05) is 0 Å². The molecule has 2 rings (SSSR count). The van der Waals surface area contributed by atoms with Crippen LogP contribution in [-0.2, 0) is 16.0 Å². The molecule has 0 spiro atoms. The summed E-state index contributed by atoms with van der Waals surface area (Å²) in [5.74, 6) is -0.424. The summed E-state index contributed by atoms with van der Waals surface area (Å²) < 4.78 is 1.66. The maximum atomic E-state index is 12.2. The molecule has 0 bridgehead atoms. The Balaban J connectivity index is 2.00. The second-order valence-corrected chi connectivity index (χ2v) is 6.56. The largest absolute Gasteiger partial charge is 0.481 e. The van der Waals surface area contributed by atoms with Gasteiger partial charge >= 0.3 is 5.97 Å². The van der Waals surface area contributed by atoms with Crippen molar-refractivity contribution in [1.29, 1.82) is 0 Å². The lowest BCUT2D eigenvalue weighted by atomic mass is 9.97. The third-order valence-electron chi connectivity index (χ3n) is 4.03. The average Bonchev–Trinajstić information content (AvgIpc) is 2.93. The van der Waals surface area contributed by atoms with E-state index in [1.54, 1.807) is 4.52 Å². The van der Waals surface area contributed by atoms with Gasteiger partial charge in [-0.25, -0.2) is 9.50 Å². The Morgan fingerprint density at radius 3 is 2.67 bits per heavy atom. The molecular weight excluding hydrogens is 310 g/mol. The van der Waals surface area contributed by atoms with Crippen LogP contribution in [-0.4, -0.2) is 42.1 Å². The molecule has 0 aromatic carbocycles. The fraction of sp³-hybridized carbons (Fsp3) is 0.562. The lowest BCUT2D eigenvalue weighted by molar-refractivity contribution is -0.137. The zero-order valence-electron chi connectivity index (χ0n) is 14.5. The number of carbonyl (C=O) groups is 2. The molecule has 2 N–H and O–H groups in total. The van der Waals surface area contributed by atoms with E-state index in [-0.39, 0.29) is 12.3 Å². The molecule has 0 atom stereocenters. The quantitative estimate of drug-likeness (QED) is 0.793. The van der Waals surface area contributed by atoms with Crippen molar-refractivity contribution in [3.05, 3.63) is 23.3 Å². The van der Waals surface area contributed by atoms with E-state index in [0.717, 1.165) is 17.0 Å². The van der Waals surface area contributed by atoms with Crippen LogP contribution in [0, 0.1) is 13.8 Å². The van der Waals surface area contributed by atoms with Crippen LogP contribution in [0.4, 0.5) is 0 Å². The summed E-state index contributed by atoms with van der Waals surface area (Å²) in [6.07, 6.45) is 2.72. The minimum absolute atomic E-state index is 0.0262. The predicted octanol–water partition coefficient (Wildman–Crippen LogP) is 1.43. The van der Waals surface area contributed by atoms with Crippen molar-refractivity contribution < 1.29 is 14.7 Å². The Kier molecular flexibility index (Phi) is 5.16. The van der Waals surface area contributed by atoms with Crippen LogP contribution in [0.25, 0.3) is 5.78 Å². The highest BCUT2D eigenvalue weighted by atomic mass is 16.4. The number of nitrogens with zero attached hydrogens (tertiary/aromatic N) is 4. The highest BCUT2D eigenvalue weighted by molar-refractivity contribution is 5.77. The van der Waals surface area contributed by atoms with Crippen LogP contribution in [0.2, 0.25) is 0 Å². The maximum absolute atomic E-state index is 12.2. The fourth-order valence-corrected chi connectivity index (χ4v) is 2.68. The molecule has 0 unspecified atom stereocenters. The van der Waals surface area contributed by atoms with Gasteiger partial charge in [-0.15, -0.1) is 0 Å². The van der Waals surface area contributed by atoms with Gasteiger partial charge < -0.3 is 10.4 Å². The van der Waals surface area contributed by atoms with Crippen molar-refractivity contribution in [2.45, 2.75) is 58.9 Å². The topological polar surface area (TPSA) is 109 Å². The molecule has 0 aliphatic heterocycles. The summed E-state index contributed by atoms with van der Waals surface area (Å²) in [7, 11) is 0. The number of rotatable bonds is 7. The van der Waals surface area contributed by atoms with Crippen LogP contribution in [0.1, 0.15) is 50.1 Å². The lowest BCUT2D eigenvalue weighted by Gasteiger charge is -2.25. The molecule has 2 heterocycles.